The zero-order chi connectivity index (χ0) is 11.3. The number of carbonyl (C=O) groups is 2. The van der Waals surface area contributed by atoms with Crippen LogP contribution >= 0.6 is 0 Å². The number of carbonyl (C=O) groups excluding carboxylic acids is 1. The van der Waals surface area contributed by atoms with E-state index in [9.17, 15) is 4.79 Å². The van der Waals surface area contributed by atoms with E-state index in [1.54, 1.807) is 36.5 Å². The number of carboxylic acid groups (broad SMARTS) is 1. The highest BCUT2D eigenvalue weighted by Gasteiger charge is 2.06. The highest BCUT2D eigenvalue weighted by atomic mass is 16.4. The first-order chi connectivity index (χ1) is 7.29. The third-order valence-electron chi connectivity index (χ3n) is 1.88. The van der Waals surface area contributed by atoms with Crippen LogP contribution in [0.5, 0.6) is 0 Å². The molecule has 0 fully saturated rings. The second kappa shape index (κ2) is 4.85. The number of nitrogens with zero attached hydrogens (tertiary/aromatic N) is 1. The van der Waals surface area contributed by atoms with Gasteiger partial charge >= 0.3 is 5.97 Å². The Morgan fingerprint density at radius 3 is 2.60 bits per heavy atom. The molecule has 0 radical (unpaired) electrons. The van der Waals surface area contributed by atoms with E-state index in [1.807, 2.05) is 6.79 Å². The predicted octanol–water partition coefficient (Wildman–Crippen LogP) is 1.75. The van der Waals surface area contributed by atoms with Crippen molar-refractivity contribution in [2.75, 3.05) is 0 Å². The molecule has 2 aromatic rings. The summed E-state index contributed by atoms with van der Waals surface area (Å²) in [5.41, 5.74) is 1.01. The lowest BCUT2D eigenvalue weighted by Crippen LogP contribution is -1.97. The Balaban J connectivity index is 0.000000531. The van der Waals surface area contributed by atoms with Crippen molar-refractivity contribution in [2.24, 2.45) is 0 Å². The van der Waals surface area contributed by atoms with Crippen LogP contribution in [0, 0.1) is 0 Å². The van der Waals surface area contributed by atoms with Crippen molar-refractivity contribution in [1.29, 1.82) is 0 Å². The van der Waals surface area contributed by atoms with Crippen molar-refractivity contribution in [3.05, 3.63) is 42.1 Å². The molecule has 0 atom stereocenters. The molecule has 0 aliphatic rings. The molecule has 4 heteroatoms. The minimum absolute atomic E-state index is 0.297. The number of hydrogen-bond acceptors (Lipinski definition) is 3. The SMILES string of the molecule is C=O.O=C(O)c1cccc2ncccc12. The second-order valence-electron chi connectivity index (χ2n) is 2.68. The molecule has 0 saturated heterocycles. The summed E-state index contributed by atoms with van der Waals surface area (Å²) < 4.78 is 0. The Kier molecular flexibility index (Phi) is 3.51. The lowest BCUT2D eigenvalue weighted by atomic mass is 10.1. The van der Waals surface area contributed by atoms with Crippen molar-refractivity contribution >= 4 is 23.7 Å². The van der Waals surface area contributed by atoms with Gasteiger partial charge in [0.05, 0.1) is 11.1 Å². The largest absolute Gasteiger partial charge is 0.478 e. The number of aromatic carboxylic acids is 1. The van der Waals surface area contributed by atoms with Crippen LogP contribution < -0.4 is 0 Å². The van der Waals surface area contributed by atoms with E-state index in [2.05, 4.69) is 4.98 Å². The third-order valence-corrected chi connectivity index (χ3v) is 1.88. The van der Waals surface area contributed by atoms with E-state index in [4.69, 9.17) is 9.90 Å². The Labute approximate surface area is 86.2 Å². The van der Waals surface area contributed by atoms with Gasteiger partial charge in [-0.1, -0.05) is 12.1 Å². The van der Waals surface area contributed by atoms with Crippen LogP contribution in [0.2, 0.25) is 0 Å². The van der Waals surface area contributed by atoms with Gasteiger partial charge in [-0.25, -0.2) is 4.79 Å². The maximum absolute atomic E-state index is 10.8. The number of fused-ring (bicyclic) bond motifs is 1. The maximum Gasteiger partial charge on any atom is 0.336 e. The van der Waals surface area contributed by atoms with Gasteiger partial charge in [0.15, 0.2) is 0 Å². The summed E-state index contributed by atoms with van der Waals surface area (Å²) in [6, 6.07) is 8.55. The Morgan fingerprint density at radius 2 is 1.93 bits per heavy atom. The van der Waals surface area contributed by atoms with Crippen LogP contribution in [-0.4, -0.2) is 22.8 Å². The molecule has 0 saturated carbocycles. The van der Waals surface area contributed by atoms with Crippen molar-refractivity contribution in [1.82, 2.24) is 4.98 Å². The zero-order valence-corrected chi connectivity index (χ0v) is 7.88. The molecule has 15 heavy (non-hydrogen) atoms. The molecule has 1 heterocycles. The van der Waals surface area contributed by atoms with E-state index in [0.717, 1.165) is 0 Å². The normalized spacial score (nSPS) is 9.07. The monoisotopic (exact) mass is 203 g/mol. The van der Waals surface area contributed by atoms with Crippen molar-refractivity contribution in [3.63, 3.8) is 0 Å². The van der Waals surface area contributed by atoms with Gasteiger partial charge in [-0.3, -0.25) is 4.98 Å². The quantitative estimate of drug-likeness (QED) is 0.766. The van der Waals surface area contributed by atoms with Gasteiger partial charge in [0.2, 0.25) is 0 Å². The molecule has 0 bridgehead atoms. The average Bonchev–Trinajstić information content (AvgIpc) is 2.31. The Hall–Kier alpha value is -2.23. The first-order valence-corrected chi connectivity index (χ1v) is 4.15. The number of rotatable bonds is 1. The third kappa shape index (κ3) is 2.17. The fourth-order valence-corrected chi connectivity index (χ4v) is 1.29. The highest BCUT2D eigenvalue weighted by Crippen LogP contribution is 2.15. The summed E-state index contributed by atoms with van der Waals surface area (Å²) in [6.07, 6.45) is 1.65. The summed E-state index contributed by atoms with van der Waals surface area (Å²) in [5, 5.41) is 9.53. The molecule has 0 aliphatic carbocycles. The number of hydrogen-bond donors (Lipinski definition) is 1. The molecule has 76 valence electrons. The minimum Gasteiger partial charge on any atom is -0.478 e. The fraction of sp³-hybridized carbons (Fsp3) is 0. The molecule has 0 aliphatic heterocycles. The summed E-state index contributed by atoms with van der Waals surface area (Å²) in [5.74, 6) is -0.918. The molecule has 1 N–H and O–H groups in total. The zero-order valence-electron chi connectivity index (χ0n) is 7.88. The summed E-state index contributed by atoms with van der Waals surface area (Å²) in [7, 11) is 0. The predicted molar refractivity (Wildman–Crippen MR) is 55.8 cm³/mol. The van der Waals surface area contributed by atoms with Crippen LogP contribution in [0.4, 0.5) is 0 Å². The molecule has 0 unspecified atom stereocenters. The van der Waals surface area contributed by atoms with Gasteiger partial charge in [0, 0.05) is 11.6 Å². The van der Waals surface area contributed by atoms with Crippen molar-refractivity contribution < 1.29 is 14.7 Å². The van der Waals surface area contributed by atoms with E-state index in [0.29, 0.717) is 16.5 Å². The lowest BCUT2D eigenvalue weighted by Gasteiger charge is -1.99. The van der Waals surface area contributed by atoms with E-state index >= 15 is 0 Å². The summed E-state index contributed by atoms with van der Waals surface area (Å²) in [6.45, 7) is 2.00. The van der Waals surface area contributed by atoms with E-state index in [-0.39, 0.29) is 0 Å². The Bertz CT molecular complexity index is 477. The van der Waals surface area contributed by atoms with E-state index in [1.165, 1.54) is 0 Å². The smallest absolute Gasteiger partial charge is 0.336 e. The van der Waals surface area contributed by atoms with Gasteiger partial charge in [-0.2, -0.15) is 0 Å². The van der Waals surface area contributed by atoms with Crippen LogP contribution in [0.25, 0.3) is 10.9 Å². The number of aromatic nitrogens is 1. The first kappa shape index (κ1) is 10.8. The van der Waals surface area contributed by atoms with Gasteiger partial charge < -0.3 is 9.90 Å². The molecule has 0 spiro atoms. The summed E-state index contributed by atoms with van der Waals surface area (Å²) >= 11 is 0. The topological polar surface area (TPSA) is 67.3 Å². The van der Waals surface area contributed by atoms with Crippen molar-refractivity contribution in [3.8, 4) is 0 Å². The fourth-order valence-electron chi connectivity index (χ4n) is 1.29. The molecule has 1 aromatic heterocycles. The van der Waals surface area contributed by atoms with Crippen LogP contribution in [0.15, 0.2) is 36.5 Å². The van der Waals surface area contributed by atoms with Crippen LogP contribution in [0.3, 0.4) is 0 Å². The molecular formula is C11H9NO3. The molecule has 2 rings (SSSR count). The van der Waals surface area contributed by atoms with Gasteiger partial charge in [0.25, 0.3) is 0 Å². The van der Waals surface area contributed by atoms with Gasteiger partial charge in [-0.05, 0) is 18.2 Å². The van der Waals surface area contributed by atoms with Gasteiger partial charge in [-0.15, -0.1) is 0 Å². The molecular weight excluding hydrogens is 194 g/mol. The average molecular weight is 203 g/mol. The Morgan fingerprint density at radius 1 is 1.20 bits per heavy atom. The molecule has 1 aromatic carbocycles. The van der Waals surface area contributed by atoms with E-state index < -0.39 is 5.97 Å². The number of pyridine rings is 1. The molecule has 0 amide bonds. The van der Waals surface area contributed by atoms with Crippen LogP contribution in [0.1, 0.15) is 10.4 Å². The van der Waals surface area contributed by atoms with Crippen molar-refractivity contribution in [2.45, 2.75) is 0 Å². The second-order valence-corrected chi connectivity index (χ2v) is 2.68. The number of benzene rings is 1. The highest BCUT2D eigenvalue weighted by molar-refractivity contribution is 6.02. The summed E-state index contributed by atoms with van der Waals surface area (Å²) in [4.78, 5) is 22.8. The molecule has 4 nitrogen and oxygen atoms in total. The standard InChI is InChI=1S/C10H7NO2.CH2O/c12-10(13)8-3-1-5-9-7(8)4-2-6-11-9;1-2/h1-6H,(H,12,13);1H2. The minimum atomic E-state index is -0.918. The van der Waals surface area contributed by atoms with Gasteiger partial charge in [0.1, 0.15) is 6.79 Å². The lowest BCUT2D eigenvalue weighted by molar-refractivity contribution is -0.0980. The first-order valence-electron chi connectivity index (χ1n) is 4.15. The van der Waals surface area contributed by atoms with Crippen LogP contribution in [-0.2, 0) is 4.79 Å². The maximum atomic E-state index is 10.8. The number of carboxylic acids is 1.